The zero-order valence-electron chi connectivity index (χ0n) is 13.8. The number of benzene rings is 2. The second kappa shape index (κ2) is 7.26. The first kappa shape index (κ1) is 16.3. The van der Waals surface area contributed by atoms with Gasteiger partial charge in [-0.15, -0.1) is 0 Å². The Balaban J connectivity index is 1.93. The molecule has 0 saturated carbocycles. The molecule has 2 aromatic rings. The van der Waals surface area contributed by atoms with Crippen LogP contribution in [0.1, 0.15) is 48.4 Å². The third-order valence-corrected chi connectivity index (χ3v) is 3.89. The molecule has 0 N–H and O–H groups in total. The van der Waals surface area contributed by atoms with Crippen molar-refractivity contribution in [1.29, 1.82) is 0 Å². The Morgan fingerprint density at radius 3 is 2.14 bits per heavy atom. The molecule has 0 amide bonds. The van der Waals surface area contributed by atoms with E-state index in [1.807, 2.05) is 32.0 Å². The third-order valence-electron chi connectivity index (χ3n) is 3.89. The molecule has 0 radical (unpaired) electrons. The summed E-state index contributed by atoms with van der Waals surface area (Å²) < 4.78 is 5.52. The highest BCUT2D eigenvalue weighted by Gasteiger charge is 2.10. The third kappa shape index (κ3) is 4.20. The van der Waals surface area contributed by atoms with Gasteiger partial charge in [0, 0.05) is 6.42 Å². The van der Waals surface area contributed by atoms with E-state index in [4.69, 9.17) is 4.74 Å². The lowest BCUT2D eigenvalue weighted by atomic mass is 10.0. The predicted molar refractivity (Wildman–Crippen MR) is 90.4 cm³/mol. The molecular formula is C20H24O2. The molecule has 0 bridgehead atoms. The smallest absolute Gasteiger partial charge is 0.311 e. The van der Waals surface area contributed by atoms with Gasteiger partial charge in [-0.25, -0.2) is 0 Å². The maximum atomic E-state index is 12.0. The molecule has 0 aliphatic heterocycles. The fourth-order valence-corrected chi connectivity index (χ4v) is 2.44. The lowest BCUT2D eigenvalue weighted by Crippen LogP contribution is -2.10. The number of ether oxygens (including phenoxy) is 1. The fraction of sp³-hybridized carbons (Fsp3) is 0.350. The van der Waals surface area contributed by atoms with Crippen molar-refractivity contribution in [2.45, 2.75) is 46.5 Å². The molecule has 0 spiro atoms. The summed E-state index contributed by atoms with van der Waals surface area (Å²) in [7, 11) is 0. The van der Waals surface area contributed by atoms with Gasteiger partial charge >= 0.3 is 5.97 Å². The highest BCUT2D eigenvalue weighted by molar-refractivity contribution is 5.73. The molecule has 2 heteroatoms. The van der Waals surface area contributed by atoms with Crippen LogP contribution >= 0.6 is 0 Å². The largest absolute Gasteiger partial charge is 0.426 e. The molecule has 0 aliphatic rings. The lowest BCUT2D eigenvalue weighted by Gasteiger charge is -2.10. The molecule has 0 aromatic heterocycles. The van der Waals surface area contributed by atoms with Gasteiger partial charge in [0.1, 0.15) is 5.75 Å². The molecule has 0 aliphatic carbocycles. The van der Waals surface area contributed by atoms with Gasteiger partial charge in [0.15, 0.2) is 0 Å². The summed E-state index contributed by atoms with van der Waals surface area (Å²) in [5.74, 6) is 1.05. The van der Waals surface area contributed by atoms with E-state index in [2.05, 4.69) is 38.1 Å². The second-order valence-electron chi connectivity index (χ2n) is 6.09. The summed E-state index contributed by atoms with van der Waals surface area (Å²) in [5.41, 5.74) is 4.48. The van der Waals surface area contributed by atoms with Crippen molar-refractivity contribution in [2.75, 3.05) is 0 Å². The van der Waals surface area contributed by atoms with Gasteiger partial charge in [-0.05, 0) is 48.4 Å². The average molecular weight is 296 g/mol. The number of hydrogen-bond acceptors (Lipinski definition) is 2. The van der Waals surface area contributed by atoms with Crippen molar-refractivity contribution >= 4 is 5.97 Å². The van der Waals surface area contributed by atoms with Crippen LogP contribution in [0.4, 0.5) is 0 Å². The van der Waals surface area contributed by atoms with Crippen LogP contribution < -0.4 is 4.74 Å². The van der Waals surface area contributed by atoms with Crippen molar-refractivity contribution in [2.24, 2.45) is 0 Å². The average Bonchev–Trinajstić information content (AvgIpc) is 2.49. The molecule has 2 rings (SSSR count). The van der Waals surface area contributed by atoms with Gasteiger partial charge in [0.25, 0.3) is 0 Å². The summed E-state index contributed by atoms with van der Waals surface area (Å²) in [5, 5.41) is 0. The summed E-state index contributed by atoms with van der Waals surface area (Å²) in [4.78, 5) is 12.0. The van der Waals surface area contributed by atoms with Crippen LogP contribution in [0.2, 0.25) is 0 Å². The molecular weight excluding hydrogens is 272 g/mol. The number of para-hydroxylation sites is 1. The topological polar surface area (TPSA) is 26.3 Å². The molecule has 0 fully saturated rings. The molecule has 0 saturated heterocycles. The van der Waals surface area contributed by atoms with Crippen LogP contribution in [0.15, 0.2) is 42.5 Å². The van der Waals surface area contributed by atoms with E-state index in [0.717, 1.165) is 11.1 Å². The van der Waals surface area contributed by atoms with Crippen LogP contribution in [-0.4, -0.2) is 5.97 Å². The number of esters is 1. The van der Waals surface area contributed by atoms with Crippen LogP contribution in [0.5, 0.6) is 5.75 Å². The SMILES string of the molecule is Cc1cccc(C)c1OC(=O)CCc1ccc(C(C)C)cc1. The normalized spacial score (nSPS) is 10.8. The quantitative estimate of drug-likeness (QED) is 0.575. The first-order valence-electron chi connectivity index (χ1n) is 7.83. The van der Waals surface area contributed by atoms with Crippen molar-refractivity contribution in [3.8, 4) is 5.75 Å². The van der Waals surface area contributed by atoms with Crippen molar-refractivity contribution in [3.05, 3.63) is 64.7 Å². The highest BCUT2D eigenvalue weighted by Crippen LogP contribution is 2.23. The summed E-state index contributed by atoms with van der Waals surface area (Å²) in [6.45, 7) is 8.27. The van der Waals surface area contributed by atoms with Crippen LogP contribution in [0.3, 0.4) is 0 Å². The minimum absolute atomic E-state index is 0.176. The monoisotopic (exact) mass is 296 g/mol. The first-order valence-corrected chi connectivity index (χ1v) is 7.83. The Labute approximate surface area is 133 Å². The van der Waals surface area contributed by atoms with Gasteiger partial charge in [-0.1, -0.05) is 56.3 Å². The van der Waals surface area contributed by atoms with E-state index in [0.29, 0.717) is 24.5 Å². The molecule has 0 heterocycles. The van der Waals surface area contributed by atoms with Gasteiger partial charge in [0.2, 0.25) is 0 Å². The Hall–Kier alpha value is -2.09. The molecule has 2 aromatic carbocycles. The van der Waals surface area contributed by atoms with Gasteiger partial charge in [-0.3, -0.25) is 4.79 Å². The Bertz CT molecular complexity index is 619. The van der Waals surface area contributed by atoms with Gasteiger partial charge in [0.05, 0.1) is 0 Å². The van der Waals surface area contributed by atoms with Gasteiger partial charge in [-0.2, -0.15) is 0 Å². The number of carbonyl (C=O) groups is 1. The molecule has 0 atom stereocenters. The highest BCUT2D eigenvalue weighted by atomic mass is 16.5. The number of aryl methyl sites for hydroxylation is 3. The van der Waals surface area contributed by atoms with Crippen molar-refractivity contribution in [3.63, 3.8) is 0 Å². The van der Waals surface area contributed by atoms with Crippen LogP contribution in [-0.2, 0) is 11.2 Å². The number of hydrogen-bond donors (Lipinski definition) is 0. The van der Waals surface area contributed by atoms with Crippen molar-refractivity contribution < 1.29 is 9.53 Å². The van der Waals surface area contributed by atoms with Crippen LogP contribution in [0.25, 0.3) is 0 Å². The fourth-order valence-electron chi connectivity index (χ4n) is 2.44. The van der Waals surface area contributed by atoms with E-state index in [-0.39, 0.29) is 5.97 Å². The van der Waals surface area contributed by atoms with Crippen LogP contribution in [0, 0.1) is 13.8 Å². The van der Waals surface area contributed by atoms with E-state index in [1.54, 1.807) is 0 Å². The van der Waals surface area contributed by atoms with E-state index in [1.165, 1.54) is 11.1 Å². The van der Waals surface area contributed by atoms with Gasteiger partial charge < -0.3 is 4.74 Å². The maximum absolute atomic E-state index is 12.0. The lowest BCUT2D eigenvalue weighted by molar-refractivity contribution is -0.134. The first-order chi connectivity index (χ1) is 10.5. The second-order valence-corrected chi connectivity index (χ2v) is 6.09. The minimum atomic E-state index is -0.176. The standard InChI is InChI=1S/C20H24O2/c1-14(2)18-11-8-17(9-12-18)10-13-19(21)22-20-15(3)6-5-7-16(20)4/h5-9,11-12,14H,10,13H2,1-4H3. The number of rotatable bonds is 5. The zero-order chi connectivity index (χ0) is 16.1. The molecule has 2 nitrogen and oxygen atoms in total. The summed E-state index contributed by atoms with van der Waals surface area (Å²) >= 11 is 0. The minimum Gasteiger partial charge on any atom is -0.426 e. The zero-order valence-corrected chi connectivity index (χ0v) is 13.8. The van der Waals surface area contributed by atoms with E-state index in [9.17, 15) is 4.79 Å². The maximum Gasteiger partial charge on any atom is 0.311 e. The Kier molecular flexibility index (Phi) is 5.37. The number of carbonyl (C=O) groups excluding carboxylic acids is 1. The summed E-state index contributed by atoms with van der Waals surface area (Å²) in [6.07, 6.45) is 1.11. The molecule has 116 valence electrons. The Morgan fingerprint density at radius 1 is 1.00 bits per heavy atom. The van der Waals surface area contributed by atoms with E-state index < -0.39 is 0 Å². The molecule has 0 unspecified atom stereocenters. The predicted octanol–water partition coefficient (Wildman–Crippen LogP) is 4.97. The van der Waals surface area contributed by atoms with Crippen molar-refractivity contribution in [1.82, 2.24) is 0 Å². The van der Waals surface area contributed by atoms with E-state index >= 15 is 0 Å². The summed E-state index contributed by atoms with van der Waals surface area (Å²) in [6, 6.07) is 14.4. The Morgan fingerprint density at radius 2 is 1.59 bits per heavy atom. The molecule has 22 heavy (non-hydrogen) atoms.